The summed E-state index contributed by atoms with van der Waals surface area (Å²) in [5.41, 5.74) is 5.43. The number of pyridine rings is 1. The highest BCUT2D eigenvalue weighted by Gasteiger charge is 2.35. The van der Waals surface area contributed by atoms with Gasteiger partial charge in [0.2, 0.25) is 5.43 Å². The van der Waals surface area contributed by atoms with E-state index in [-0.39, 0.29) is 39.2 Å². The zero-order valence-corrected chi connectivity index (χ0v) is 16.6. The van der Waals surface area contributed by atoms with Gasteiger partial charge in [-0.05, 0) is 45.1 Å². The van der Waals surface area contributed by atoms with Crippen molar-refractivity contribution in [3.8, 4) is 0 Å². The van der Waals surface area contributed by atoms with E-state index in [1.54, 1.807) is 4.57 Å². The lowest BCUT2D eigenvalue weighted by Gasteiger charge is -2.28. The van der Waals surface area contributed by atoms with Gasteiger partial charge in [-0.25, -0.2) is 9.18 Å². The van der Waals surface area contributed by atoms with Crippen molar-refractivity contribution in [3.63, 3.8) is 0 Å². The summed E-state index contributed by atoms with van der Waals surface area (Å²) in [4.78, 5) is 26.0. The quantitative estimate of drug-likeness (QED) is 0.811. The number of rotatable bonds is 4. The lowest BCUT2D eigenvalue weighted by atomic mass is 9.88. The van der Waals surface area contributed by atoms with E-state index in [0.717, 1.165) is 25.3 Å². The zero-order valence-electron chi connectivity index (χ0n) is 15.8. The summed E-state index contributed by atoms with van der Waals surface area (Å²) in [6.45, 7) is 5.11. The van der Waals surface area contributed by atoms with Gasteiger partial charge in [0, 0.05) is 30.9 Å². The highest BCUT2D eigenvalue weighted by Crippen LogP contribution is 2.43. The van der Waals surface area contributed by atoms with E-state index in [1.165, 1.54) is 6.20 Å². The minimum atomic E-state index is -1.32. The Balaban J connectivity index is 1.91. The van der Waals surface area contributed by atoms with Gasteiger partial charge >= 0.3 is 5.97 Å². The van der Waals surface area contributed by atoms with Gasteiger partial charge in [-0.3, -0.25) is 4.79 Å². The van der Waals surface area contributed by atoms with Crippen LogP contribution in [0.4, 0.5) is 10.1 Å². The van der Waals surface area contributed by atoms with Crippen molar-refractivity contribution in [3.05, 3.63) is 38.9 Å². The number of halogens is 2. The van der Waals surface area contributed by atoms with E-state index in [4.69, 9.17) is 17.3 Å². The number of hydrogen-bond acceptors (Lipinski definition) is 4. The number of anilines is 1. The van der Waals surface area contributed by atoms with Gasteiger partial charge in [0.25, 0.3) is 0 Å². The van der Waals surface area contributed by atoms with Crippen molar-refractivity contribution in [2.24, 2.45) is 11.7 Å². The van der Waals surface area contributed by atoms with Gasteiger partial charge in [-0.2, -0.15) is 0 Å². The third kappa shape index (κ3) is 3.06. The number of carboxylic acid groups (broad SMARTS) is 1. The summed E-state index contributed by atoms with van der Waals surface area (Å²) in [7, 11) is 0. The number of carboxylic acids is 1. The van der Waals surface area contributed by atoms with Crippen LogP contribution in [0.1, 0.15) is 49.5 Å². The number of carbonyl (C=O) groups is 1. The molecule has 0 amide bonds. The lowest BCUT2D eigenvalue weighted by molar-refractivity contribution is 0.0695. The molecule has 28 heavy (non-hydrogen) atoms. The molecule has 1 saturated carbocycles. The molecule has 2 aliphatic rings. The van der Waals surface area contributed by atoms with Crippen LogP contribution in [0, 0.1) is 11.7 Å². The molecule has 1 saturated heterocycles. The maximum absolute atomic E-state index is 15.1. The monoisotopic (exact) mass is 407 g/mol. The largest absolute Gasteiger partial charge is 0.477 e. The predicted octanol–water partition coefficient (Wildman–Crippen LogP) is 3.39. The number of nitrogens with two attached hydrogens (primary N) is 1. The molecule has 1 aromatic carbocycles. The number of aromatic carboxylic acids is 1. The van der Waals surface area contributed by atoms with E-state index in [2.05, 4.69) is 0 Å². The van der Waals surface area contributed by atoms with Crippen LogP contribution in [0.2, 0.25) is 5.02 Å². The number of hydrogen-bond donors (Lipinski definition) is 2. The second-order valence-electron chi connectivity index (χ2n) is 8.49. The molecule has 1 aromatic heterocycles. The molecule has 1 aliphatic carbocycles. The third-order valence-electron chi connectivity index (χ3n) is 5.91. The topological polar surface area (TPSA) is 88.6 Å². The second kappa shape index (κ2) is 6.46. The third-order valence-corrected chi connectivity index (χ3v) is 6.27. The van der Waals surface area contributed by atoms with Crippen molar-refractivity contribution in [2.75, 3.05) is 18.0 Å². The summed E-state index contributed by atoms with van der Waals surface area (Å²) >= 11 is 6.65. The number of nitrogens with zero attached hydrogens (tertiary/aromatic N) is 2. The Labute approximate surface area is 166 Å². The molecule has 1 atom stereocenters. The highest BCUT2D eigenvalue weighted by atomic mass is 35.5. The molecule has 2 fully saturated rings. The first-order chi connectivity index (χ1) is 13.1. The molecule has 150 valence electrons. The summed E-state index contributed by atoms with van der Waals surface area (Å²) in [5, 5.41) is 9.53. The first-order valence-corrected chi connectivity index (χ1v) is 9.81. The van der Waals surface area contributed by atoms with Crippen LogP contribution in [-0.2, 0) is 0 Å². The minimum absolute atomic E-state index is 0.00736. The standard InChI is InChI=1S/C20H23ClFN3O3/c1-20(2,23)10-5-6-24(8-10)17-14(22)7-12-16(15(17)21)25(11-3-4-11)9-13(18(12)26)19(27)28/h7,9-11H,3-6,8,23H2,1-2H3,(H,27,28). The van der Waals surface area contributed by atoms with E-state index in [1.807, 2.05) is 18.7 Å². The van der Waals surface area contributed by atoms with E-state index in [0.29, 0.717) is 18.6 Å². The van der Waals surface area contributed by atoms with Crippen molar-refractivity contribution < 1.29 is 14.3 Å². The Hall–Kier alpha value is -2.12. The fourth-order valence-electron chi connectivity index (χ4n) is 4.09. The van der Waals surface area contributed by atoms with Gasteiger partial charge < -0.3 is 20.3 Å². The molecule has 4 rings (SSSR count). The number of aromatic nitrogens is 1. The van der Waals surface area contributed by atoms with Gasteiger partial charge in [0.15, 0.2) is 0 Å². The highest BCUT2D eigenvalue weighted by molar-refractivity contribution is 6.38. The van der Waals surface area contributed by atoms with Crippen LogP contribution in [0.15, 0.2) is 17.1 Å². The molecule has 1 unspecified atom stereocenters. The zero-order chi connectivity index (χ0) is 20.4. The average molecular weight is 408 g/mol. The number of fused-ring (bicyclic) bond motifs is 1. The van der Waals surface area contributed by atoms with Crippen LogP contribution in [0.25, 0.3) is 10.9 Å². The van der Waals surface area contributed by atoms with Gasteiger partial charge in [-0.1, -0.05) is 11.6 Å². The van der Waals surface area contributed by atoms with Crippen LogP contribution in [0.3, 0.4) is 0 Å². The van der Waals surface area contributed by atoms with E-state index < -0.39 is 17.2 Å². The second-order valence-corrected chi connectivity index (χ2v) is 8.86. The van der Waals surface area contributed by atoms with Crippen molar-refractivity contribution in [1.29, 1.82) is 0 Å². The first kappa shape index (κ1) is 19.2. The van der Waals surface area contributed by atoms with Gasteiger partial charge in [-0.15, -0.1) is 0 Å². The molecule has 0 bridgehead atoms. The van der Waals surface area contributed by atoms with Crippen molar-refractivity contribution in [2.45, 2.75) is 44.7 Å². The Morgan fingerprint density at radius 2 is 2.04 bits per heavy atom. The Morgan fingerprint density at radius 3 is 2.57 bits per heavy atom. The fourth-order valence-corrected chi connectivity index (χ4v) is 4.49. The SMILES string of the molecule is CC(C)(N)C1CCN(c2c(F)cc3c(=O)c(C(=O)O)cn(C4CC4)c3c2Cl)C1. The smallest absolute Gasteiger partial charge is 0.341 e. The van der Waals surface area contributed by atoms with Gasteiger partial charge in [0.1, 0.15) is 11.4 Å². The van der Waals surface area contributed by atoms with E-state index >= 15 is 4.39 Å². The average Bonchev–Trinajstić information content (AvgIpc) is 3.31. The van der Waals surface area contributed by atoms with Crippen LogP contribution in [0.5, 0.6) is 0 Å². The number of benzene rings is 1. The Morgan fingerprint density at radius 1 is 1.36 bits per heavy atom. The normalized spacial score (nSPS) is 20.2. The molecular weight excluding hydrogens is 385 g/mol. The Kier molecular flexibility index (Phi) is 4.43. The van der Waals surface area contributed by atoms with Crippen molar-refractivity contribution >= 4 is 34.2 Å². The molecular formula is C20H23ClFN3O3. The molecule has 3 N–H and O–H groups in total. The molecule has 1 aliphatic heterocycles. The molecule has 0 spiro atoms. The van der Waals surface area contributed by atoms with Crippen molar-refractivity contribution in [1.82, 2.24) is 4.57 Å². The van der Waals surface area contributed by atoms with Crippen LogP contribution in [-0.4, -0.2) is 34.3 Å². The van der Waals surface area contributed by atoms with Crippen LogP contribution >= 0.6 is 11.6 Å². The minimum Gasteiger partial charge on any atom is -0.477 e. The van der Waals surface area contributed by atoms with Gasteiger partial charge in [0.05, 0.1) is 21.6 Å². The molecule has 2 aromatic rings. The summed E-state index contributed by atoms with van der Waals surface area (Å²) in [5.74, 6) is -1.75. The summed E-state index contributed by atoms with van der Waals surface area (Å²) < 4.78 is 16.8. The predicted molar refractivity (Wildman–Crippen MR) is 107 cm³/mol. The summed E-state index contributed by atoms with van der Waals surface area (Å²) in [6, 6.07) is 1.21. The fraction of sp³-hybridized carbons (Fsp3) is 0.500. The molecule has 0 radical (unpaired) electrons. The summed E-state index contributed by atoms with van der Waals surface area (Å²) in [6.07, 6.45) is 3.90. The Bertz CT molecular complexity index is 1040. The maximum atomic E-state index is 15.1. The lowest BCUT2D eigenvalue weighted by Crippen LogP contribution is -2.42. The maximum Gasteiger partial charge on any atom is 0.341 e. The molecule has 8 heteroatoms. The van der Waals surface area contributed by atoms with E-state index in [9.17, 15) is 14.7 Å². The molecule has 2 heterocycles. The van der Waals surface area contributed by atoms with Crippen LogP contribution < -0.4 is 16.1 Å². The first-order valence-electron chi connectivity index (χ1n) is 9.43. The molecule has 6 nitrogen and oxygen atoms in total.